The molecule has 2 aliphatic heterocycles. The Kier molecular flexibility index (Phi) is 5.85. The van der Waals surface area contributed by atoms with Crippen LogP contribution in [-0.4, -0.2) is 57.7 Å². The summed E-state index contributed by atoms with van der Waals surface area (Å²) >= 11 is 0. The third kappa shape index (κ3) is 4.29. The van der Waals surface area contributed by atoms with E-state index in [2.05, 4.69) is 4.57 Å². The van der Waals surface area contributed by atoms with Crippen molar-refractivity contribution in [1.29, 1.82) is 0 Å². The highest BCUT2D eigenvalue weighted by atomic mass is 16.5. The van der Waals surface area contributed by atoms with Crippen LogP contribution in [-0.2, 0) is 27.8 Å². The van der Waals surface area contributed by atoms with Crippen molar-refractivity contribution in [3.05, 3.63) is 30.1 Å². The molecule has 4 rings (SSSR count). The molecule has 1 aromatic carbocycles. The molecule has 29 heavy (non-hydrogen) atoms. The van der Waals surface area contributed by atoms with E-state index >= 15 is 0 Å². The van der Waals surface area contributed by atoms with Crippen molar-refractivity contribution in [3.63, 3.8) is 0 Å². The summed E-state index contributed by atoms with van der Waals surface area (Å²) in [6, 6.07) is 8.01. The number of benzene rings is 1. The minimum atomic E-state index is -0.769. The number of fused-ring (bicyclic) bond motifs is 1. The molecule has 0 bridgehead atoms. The minimum absolute atomic E-state index is 0.0381. The van der Waals surface area contributed by atoms with Crippen LogP contribution in [0.25, 0.3) is 11.0 Å². The number of imidazole rings is 1. The van der Waals surface area contributed by atoms with Gasteiger partial charge in [-0.2, -0.15) is 0 Å². The third-order valence-electron chi connectivity index (χ3n) is 6.53. The molecule has 0 spiro atoms. The maximum absolute atomic E-state index is 13.0. The Morgan fingerprint density at radius 1 is 1.17 bits per heavy atom. The van der Waals surface area contributed by atoms with Crippen molar-refractivity contribution in [2.45, 2.75) is 32.1 Å². The van der Waals surface area contributed by atoms with Gasteiger partial charge in [-0.25, -0.2) is 4.98 Å². The van der Waals surface area contributed by atoms with Gasteiger partial charge < -0.3 is 19.3 Å². The molecule has 3 heterocycles. The molecular weight excluding hydrogens is 370 g/mol. The lowest BCUT2D eigenvalue weighted by Gasteiger charge is -2.40. The third-order valence-corrected chi connectivity index (χ3v) is 6.53. The molecule has 0 radical (unpaired) electrons. The maximum Gasteiger partial charge on any atom is 0.303 e. The minimum Gasteiger partial charge on any atom is -0.481 e. The predicted molar refractivity (Wildman–Crippen MR) is 108 cm³/mol. The van der Waals surface area contributed by atoms with Gasteiger partial charge in [-0.15, -0.1) is 0 Å². The van der Waals surface area contributed by atoms with Gasteiger partial charge in [-0.05, 0) is 43.2 Å². The lowest BCUT2D eigenvalue weighted by molar-refractivity contribution is -0.142. The number of aromatic nitrogens is 2. The molecule has 2 aliphatic rings. The van der Waals surface area contributed by atoms with Gasteiger partial charge >= 0.3 is 5.97 Å². The number of nitrogens with zero attached hydrogens (tertiary/aromatic N) is 3. The number of piperidine rings is 1. The Balaban J connectivity index is 1.53. The van der Waals surface area contributed by atoms with Crippen LogP contribution >= 0.6 is 0 Å². The zero-order valence-corrected chi connectivity index (χ0v) is 16.9. The largest absolute Gasteiger partial charge is 0.481 e. The molecule has 0 unspecified atom stereocenters. The van der Waals surface area contributed by atoms with Crippen LogP contribution in [0.15, 0.2) is 24.3 Å². The fourth-order valence-corrected chi connectivity index (χ4v) is 4.82. The van der Waals surface area contributed by atoms with Crippen LogP contribution < -0.4 is 0 Å². The number of aliphatic carboxylic acids is 1. The topological polar surface area (TPSA) is 84.7 Å². The maximum atomic E-state index is 13.0. The molecular formula is C22H29N3O4. The van der Waals surface area contributed by atoms with Crippen LogP contribution in [0.1, 0.15) is 31.5 Å². The zero-order valence-electron chi connectivity index (χ0n) is 16.9. The molecule has 1 aromatic heterocycles. The van der Waals surface area contributed by atoms with Crippen molar-refractivity contribution in [3.8, 4) is 0 Å². The normalized spacial score (nSPS) is 23.4. The van der Waals surface area contributed by atoms with Crippen molar-refractivity contribution in [2.24, 2.45) is 24.8 Å². The Morgan fingerprint density at radius 3 is 2.66 bits per heavy atom. The van der Waals surface area contributed by atoms with Gasteiger partial charge in [-0.1, -0.05) is 12.1 Å². The molecule has 1 N–H and O–H groups in total. The monoisotopic (exact) mass is 399 g/mol. The van der Waals surface area contributed by atoms with Gasteiger partial charge in [0, 0.05) is 52.1 Å². The number of carbonyl (C=O) groups is 2. The number of hydrogen-bond donors (Lipinski definition) is 1. The number of carbonyl (C=O) groups excluding carboxylic acids is 1. The van der Waals surface area contributed by atoms with Gasteiger partial charge in [0.05, 0.1) is 11.0 Å². The molecule has 156 valence electrons. The first-order chi connectivity index (χ1) is 14.0. The van der Waals surface area contributed by atoms with E-state index in [0.29, 0.717) is 32.7 Å². The number of hydrogen-bond acceptors (Lipinski definition) is 4. The van der Waals surface area contributed by atoms with E-state index in [1.54, 1.807) is 0 Å². The number of rotatable bonds is 5. The molecule has 7 heteroatoms. The highest BCUT2D eigenvalue weighted by molar-refractivity contribution is 5.79. The Labute approximate surface area is 170 Å². The molecule has 0 aliphatic carbocycles. The Bertz CT molecular complexity index is 887. The molecule has 7 nitrogen and oxygen atoms in total. The number of aryl methyl sites for hydroxylation is 1. The molecule has 2 atom stereocenters. The summed E-state index contributed by atoms with van der Waals surface area (Å²) in [7, 11) is 2.00. The summed E-state index contributed by atoms with van der Waals surface area (Å²) in [5.41, 5.74) is 2.02. The van der Waals surface area contributed by atoms with E-state index in [-0.39, 0.29) is 30.1 Å². The van der Waals surface area contributed by atoms with Crippen molar-refractivity contribution in [2.75, 3.05) is 26.3 Å². The van der Waals surface area contributed by atoms with E-state index in [1.807, 2.05) is 36.2 Å². The first-order valence-electron chi connectivity index (χ1n) is 10.5. The highest BCUT2D eigenvalue weighted by Gasteiger charge is 2.36. The number of amides is 1. The van der Waals surface area contributed by atoms with Gasteiger partial charge in [0.1, 0.15) is 5.82 Å². The number of para-hydroxylation sites is 2. The Morgan fingerprint density at radius 2 is 1.93 bits per heavy atom. The molecule has 2 fully saturated rings. The summed E-state index contributed by atoms with van der Waals surface area (Å²) < 4.78 is 7.48. The van der Waals surface area contributed by atoms with E-state index in [9.17, 15) is 14.7 Å². The van der Waals surface area contributed by atoms with Crippen LogP contribution in [0.5, 0.6) is 0 Å². The van der Waals surface area contributed by atoms with Crippen LogP contribution in [0, 0.1) is 17.8 Å². The first kappa shape index (κ1) is 19.9. The number of ether oxygens (including phenoxy) is 1. The van der Waals surface area contributed by atoms with Gasteiger partial charge in [0.25, 0.3) is 0 Å². The summed E-state index contributed by atoms with van der Waals surface area (Å²) in [4.78, 5) is 31.2. The second-order valence-corrected chi connectivity index (χ2v) is 8.36. The van der Waals surface area contributed by atoms with Gasteiger partial charge in [-0.3, -0.25) is 9.59 Å². The summed E-state index contributed by atoms with van der Waals surface area (Å²) in [6.45, 7) is 2.55. The SMILES string of the molecule is Cn1c(C[C@H]2CN(C(=O)C3CCOCC3)CC[C@H]2CC(=O)O)nc2ccccc21. The lowest BCUT2D eigenvalue weighted by atomic mass is 9.80. The highest BCUT2D eigenvalue weighted by Crippen LogP contribution is 2.32. The average Bonchev–Trinajstić information content (AvgIpc) is 3.05. The summed E-state index contributed by atoms with van der Waals surface area (Å²) in [5.74, 6) is 0.583. The summed E-state index contributed by atoms with van der Waals surface area (Å²) in [6.07, 6.45) is 3.12. The predicted octanol–water partition coefficient (Wildman–Crippen LogP) is 2.48. The standard InChI is InChI=1S/C22H29N3O4/c1-24-19-5-3-2-4-18(19)23-20(24)12-17-14-25(9-6-16(17)13-21(26)27)22(28)15-7-10-29-11-8-15/h2-5,15-17H,6-14H2,1H3,(H,26,27)/t16-,17-/m0/s1. The lowest BCUT2D eigenvalue weighted by Crippen LogP contribution is -2.48. The smallest absolute Gasteiger partial charge is 0.303 e. The average molecular weight is 399 g/mol. The second-order valence-electron chi connectivity index (χ2n) is 8.36. The van der Waals surface area contributed by atoms with Crippen molar-refractivity contribution in [1.82, 2.24) is 14.5 Å². The van der Waals surface area contributed by atoms with Crippen molar-refractivity contribution >= 4 is 22.9 Å². The number of likely N-dealkylation sites (tertiary alicyclic amines) is 1. The molecule has 0 saturated carbocycles. The van der Waals surface area contributed by atoms with Crippen LogP contribution in [0.2, 0.25) is 0 Å². The van der Waals surface area contributed by atoms with E-state index in [0.717, 1.165) is 36.1 Å². The fraction of sp³-hybridized carbons (Fsp3) is 0.591. The fourth-order valence-electron chi connectivity index (χ4n) is 4.82. The zero-order chi connectivity index (χ0) is 20.4. The Hall–Kier alpha value is -2.41. The summed E-state index contributed by atoms with van der Waals surface area (Å²) in [5, 5.41) is 9.38. The molecule has 2 aromatic rings. The van der Waals surface area contributed by atoms with Crippen LogP contribution in [0.4, 0.5) is 0 Å². The van der Waals surface area contributed by atoms with Crippen molar-refractivity contribution < 1.29 is 19.4 Å². The van der Waals surface area contributed by atoms with Gasteiger partial charge in [0.15, 0.2) is 0 Å². The quantitative estimate of drug-likeness (QED) is 0.835. The van der Waals surface area contributed by atoms with E-state index in [4.69, 9.17) is 9.72 Å². The van der Waals surface area contributed by atoms with Crippen LogP contribution in [0.3, 0.4) is 0 Å². The van der Waals surface area contributed by atoms with E-state index < -0.39 is 5.97 Å². The van der Waals surface area contributed by atoms with Gasteiger partial charge in [0.2, 0.25) is 5.91 Å². The first-order valence-corrected chi connectivity index (χ1v) is 10.5. The second kappa shape index (κ2) is 8.53. The van der Waals surface area contributed by atoms with E-state index in [1.165, 1.54) is 0 Å². The molecule has 2 saturated heterocycles. The number of carboxylic acids is 1. The molecule has 1 amide bonds. The number of carboxylic acid groups (broad SMARTS) is 1.